The van der Waals surface area contributed by atoms with E-state index in [9.17, 15) is 19.8 Å². The third-order valence-electron chi connectivity index (χ3n) is 14.7. The van der Waals surface area contributed by atoms with Crippen LogP contribution in [0.1, 0.15) is 348 Å². The Bertz CT molecular complexity index is 1090. The topological polar surface area (TPSA) is 95.9 Å². The number of hydrogen-bond donors (Lipinski definition) is 3. The van der Waals surface area contributed by atoms with Gasteiger partial charge in [0, 0.05) is 12.8 Å². The van der Waals surface area contributed by atoms with Crippen molar-refractivity contribution in [2.45, 2.75) is 360 Å². The number of esters is 1. The summed E-state index contributed by atoms with van der Waals surface area (Å²) in [6, 6.07) is -0.627. The molecule has 3 N–H and O–H groups in total. The number of allylic oxidation sites excluding steroid dienone is 3. The predicted octanol–water partition coefficient (Wildman–Crippen LogP) is 19.8. The summed E-state index contributed by atoms with van der Waals surface area (Å²) < 4.78 is 5.47. The summed E-state index contributed by atoms with van der Waals surface area (Å²) in [5, 5.41) is 23.1. The Balaban J connectivity index is 3.39. The Morgan fingerprint density at radius 3 is 1.01 bits per heavy atom. The van der Waals surface area contributed by atoms with Gasteiger partial charge in [0.2, 0.25) is 5.91 Å². The lowest BCUT2D eigenvalue weighted by Crippen LogP contribution is -2.45. The van der Waals surface area contributed by atoms with Crippen LogP contribution in [0.4, 0.5) is 0 Å². The van der Waals surface area contributed by atoms with Gasteiger partial charge in [-0.3, -0.25) is 9.59 Å². The lowest BCUT2D eigenvalue weighted by molar-refractivity contribution is -0.143. The molecule has 2 atom stereocenters. The molecule has 0 aliphatic carbocycles. The molecule has 0 spiro atoms. The zero-order chi connectivity index (χ0) is 50.7. The SMILES string of the molecule is CCCCCCCCCCCCCC/C=C/C(O)C(CO)NC(=O)CCCCCCCCCCCCCC/C=C\CCCCCCCCCCCCCCOC(=O)CCCCCCCCCCCCC. The molecule has 1 amide bonds. The Labute approximate surface area is 437 Å². The third-order valence-corrected chi connectivity index (χ3v) is 14.7. The van der Waals surface area contributed by atoms with Crippen LogP contribution in [-0.4, -0.2) is 47.4 Å². The van der Waals surface area contributed by atoms with Gasteiger partial charge in [-0.05, 0) is 57.8 Å². The van der Waals surface area contributed by atoms with Crippen LogP contribution in [0, 0.1) is 0 Å². The first-order valence-electron chi connectivity index (χ1n) is 31.6. The molecular formula is C64H123NO5. The van der Waals surface area contributed by atoms with Crippen molar-refractivity contribution in [1.82, 2.24) is 5.32 Å². The van der Waals surface area contributed by atoms with Gasteiger partial charge in [-0.1, -0.05) is 301 Å². The van der Waals surface area contributed by atoms with Gasteiger partial charge in [0.1, 0.15) is 0 Å². The fraction of sp³-hybridized carbons (Fsp3) is 0.906. The van der Waals surface area contributed by atoms with E-state index in [1.165, 1.54) is 283 Å². The second-order valence-electron chi connectivity index (χ2n) is 21.7. The molecule has 0 heterocycles. The van der Waals surface area contributed by atoms with Crippen molar-refractivity contribution in [1.29, 1.82) is 0 Å². The number of aliphatic hydroxyl groups is 2. The maximum absolute atomic E-state index is 12.5. The average Bonchev–Trinajstić information content (AvgIpc) is 3.36. The molecule has 414 valence electrons. The fourth-order valence-electron chi connectivity index (χ4n) is 9.87. The summed E-state index contributed by atoms with van der Waals surface area (Å²) in [4.78, 5) is 24.5. The molecule has 0 aliphatic heterocycles. The highest BCUT2D eigenvalue weighted by Gasteiger charge is 2.18. The third kappa shape index (κ3) is 55.7. The van der Waals surface area contributed by atoms with Gasteiger partial charge in [-0.2, -0.15) is 0 Å². The highest BCUT2D eigenvalue weighted by atomic mass is 16.5. The van der Waals surface area contributed by atoms with Crippen LogP contribution in [0.25, 0.3) is 0 Å². The molecule has 0 rings (SSSR count). The summed E-state index contributed by atoms with van der Waals surface area (Å²) >= 11 is 0. The number of hydrogen-bond acceptors (Lipinski definition) is 5. The van der Waals surface area contributed by atoms with Crippen LogP contribution in [0.5, 0.6) is 0 Å². The first-order chi connectivity index (χ1) is 34.5. The number of rotatable bonds is 59. The van der Waals surface area contributed by atoms with E-state index < -0.39 is 12.1 Å². The van der Waals surface area contributed by atoms with E-state index in [1.807, 2.05) is 6.08 Å². The summed E-state index contributed by atoms with van der Waals surface area (Å²) in [5.74, 6) is -0.0511. The number of ether oxygens (including phenoxy) is 1. The lowest BCUT2D eigenvalue weighted by atomic mass is 10.0. The monoisotopic (exact) mass is 986 g/mol. The van der Waals surface area contributed by atoms with Crippen molar-refractivity contribution in [3.8, 4) is 0 Å². The lowest BCUT2D eigenvalue weighted by Gasteiger charge is -2.20. The van der Waals surface area contributed by atoms with E-state index in [1.54, 1.807) is 6.08 Å². The standard InChI is InChI=1S/C64H123NO5/c1-3-5-7-9-11-13-15-16-33-37-40-44-48-52-56-62(67)61(60-66)65-63(68)57-53-49-45-41-38-34-31-29-27-25-23-21-19-17-18-20-22-24-26-28-30-32-35-39-43-47-51-55-59-70-64(69)58-54-50-46-42-36-14-12-10-8-6-4-2/h17-18,52,56,61-62,66-67H,3-16,19-51,53-55,57-60H2,1-2H3,(H,65,68)/b18-17-,56-52+. The molecule has 70 heavy (non-hydrogen) atoms. The first-order valence-corrected chi connectivity index (χ1v) is 31.6. The number of carbonyl (C=O) groups is 2. The van der Waals surface area contributed by atoms with Crippen molar-refractivity contribution < 1.29 is 24.5 Å². The summed E-state index contributed by atoms with van der Waals surface area (Å²) in [7, 11) is 0. The Kier molecular flexibility index (Phi) is 58.5. The molecule has 0 aromatic heterocycles. The van der Waals surface area contributed by atoms with Crippen molar-refractivity contribution in [2.24, 2.45) is 0 Å². The van der Waals surface area contributed by atoms with Gasteiger partial charge < -0.3 is 20.3 Å². The molecular weight excluding hydrogens is 863 g/mol. The molecule has 6 nitrogen and oxygen atoms in total. The molecule has 0 radical (unpaired) electrons. The first kappa shape index (κ1) is 68.3. The van der Waals surface area contributed by atoms with Crippen LogP contribution in [0.15, 0.2) is 24.3 Å². The van der Waals surface area contributed by atoms with Gasteiger partial charge in [0.25, 0.3) is 0 Å². The van der Waals surface area contributed by atoms with Crippen LogP contribution >= 0.6 is 0 Å². The van der Waals surface area contributed by atoms with Crippen molar-refractivity contribution in [3.63, 3.8) is 0 Å². The molecule has 6 heteroatoms. The number of amides is 1. The molecule has 0 aromatic carbocycles. The van der Waals surface area contributed by atoms with Crippen LogP contribution < -0.4 is 5.32 Å². The minimum Gasteiger partial charge on any atom is -0.466 e. The van der Waals surface area contributed by atoms with E-state index in [2.05, 4.69) is 31.3 Å². The summed E-state index contributed by atoms with van der Waals surface area (Å²) in [6.45, 7) is 4.92. The Hall–Kier alpha value is -1.66. The van der Waals surface area contributed by atoms with Crippen LogP contribution in [0.3, 0.4) is 0 Å². The Morgan fingerprint density at radius 1 is 0.386 bits per heavy atom. The van der Waals surface area contributed by atoms with Gasteiger partial charge in [0.05, 0.1) is 25.4 Å². The van der Waals surface area contributed by atoms with Crippen molar-refractivity contribution in [3.05, 3.63) is 24.3 Å². The maximum Gasteiger partial charge on any atom is 0.305 e. The number of unbranched alkanes of at least 4 members (excludes halogenated alkanes) is 46. The van der Waals surface area contributed by atoms with Crippen LogP contribution in [0.2, 0.25) is 0 Å². The minimum absolute atomic E-state index is 0.0154. The van der Waals surface area contributed by atoms with Crippen molar-refractivity contribution >= 4 is 11.9 Å². The zero-order valence-corrected chi connectivity index (χ0v) is 47.3. The quantitative estimate of drug-likeness (QED) is 0.0321. The molecule has 0 aromatic rings. The smallest absolute Gasteiger partial charge is 0.305 e. The van der Waals surface area contributed by atoms with E-state index in [0.29, 0.717) is 19.4 Å². The number of nitrogens with one attached hydrogen (secondary N) is 1. The minimum atomic E-state index is -0.843. The molecule has 0 bridgehead atoms. The number of aliphatic hydroxyl groups excluding tert-OH is 2. The summed E-state index contributed by atoms with van der Waals surface area (Å²) in [5.41, 5.74) is 0. The highest BCUT2D eigenvalue weighted by Crippen LogP contribution is 2.17. The molecule has 2 unspecified atom stereocenters. The molecule has 0 aliphatic rings. The average molecular weight is 987 g/mol. The molecule has 0 saturated carbocycles. The second-order valence-corrected chi connectivity index (χ2v) is 21.7. The van der Waals surface area contributed by atoms with Gasteiger partial charge in [-0.25, -0.2) is 0 Å². The fourth-order valence-corrected chi connectivity index (χ4v) is 9.87. The van der Waals surface area contributed by atoms with Gasteiger partial charge >= 0.3 is 5.97 Å². The Morgan fingerprint density at radius 2 is 0.671 bits per heavy atom. The van der Waals surface area contributed by atoms with Gasteiger partial charge in [-0.15, -0.1) is 0 Å². The maximum atomic E-state index is 12.5. The largest absolute Gasteiger partial charge is 0.466 e. The number of carbonyl (C=O) groups excluding carboxylic acids is 2. The highest BCUT2D eigenvalue weighted by molar-refractivity contribution is 5.76. The zero-order valence-electron chi connectivity index (χ0n) is 47.3. The van der Waals surface area contributed by atoms with E-state index >= 15 is 0 Å². The van der Waals surface area contributed by atoms with Crippen LogP contribution in [-0.2, 0) is 14.3 Å². The second kappa shape index (κ2) is 59.9. The normalized spacial score (nSPS) is 12.7. The summed E-state index contributed by atoms with van der Waals surface area (Å²) in [6.07, 6.45) is 73.7. The molecule has 0 fully saturated rings. The van der Waals surface area contributed by atoms with Crippen molar-refractivity contribution in [2.75, 3.05) is 13.2 Å². The molecule has 0 saturated heterocycles. The van der Waals surface area contributed by atoms with Gasteiger partial charge in [0.15, 0.2) is 0 Å². The van der Waals surface area contributed by atoms with E-state index in [-0.39, 0.29) is 18.5 Å². The predicted molar refractivity (Wildman–Crippen MR) is 306 cm³/mol. The van der Waals surface area contributed by atoms with E-state index in [0.717, 1.165) is 38.5 Å². The van der Waals surface area contributed by atoms with E-state index in [4.69, 9.17) is 4.74 Å².